The third-order valence-electron chi connectivity index (χ3n) is 2.63. The fraction of sp³-hybridized carbons (Fsp3) is 0.0714. The third kappa shape index (κ3) is 3.36. The van der Waals surface area contributed by atoms with Crippen LogP contribution in [0.5, 0.6) is 0 Å². The lowest BCUT2D eigenvalue weighted by Gasteiger charge is -2.10. The largest absolute Gasteiger partial charge is 0.397 e. The van der Waals surface area contributed by atoms with Crippen molar-refractivity contribution < 1.29 is 4.79 Å². The van der Waals surface area contributed by atoms with Gasteiger partial charge in [-0.3, -0.25) is 4.79 Å². The standard InChI is InChI=1S/C14H12Br2N2O/c1-8-2-4-10(11(16)6-8)14(19)18-13-5-3-9(15)7-12(13)17/h2-7H,17H2,1H3,(H,18,19). The topological polar surface area (TPSA) is 55.1 Å². The first kappa shape index (κ1) is 14.1. The van der Waals surface area contributed by atoms with Crippen LogP contribution in [0.2, 0.25) is 0 Å². The van der Waals surface area contributed by atoms with Crippen molar-refractivity contribution in [3.05, 3.63) is 56.5 Å². The lowest BCUT2D eigenvalue weighted by molar-refractivity contribution is 0.102. The second-order valence-electron chi connectivity index (χ2n) is 4.17. The molecular weight excluding hydrogens is 372 g/mol. The van der Waals surface area contributed by atoms with Crippen LogP contribution in [0.4, 0.5) is 11.4 Å². The molecule has 0 radical (unpaired) electrons. The van der Waals surface area contributed by atoms with Gasteiger partial charge in [-0.1, -0.05) is 22.0 Å². The van der Waals surface area contributed by atoms with E-state index in [0.717, 1.165) is 14.5 Å². The van der Waals surface area contributed by atoms with Gasteiger partial charge in [-0.15, -0.1) is 0 Å². The predicted octanol–water partition coefficient (Wildman–Crippen LogP) is 4.35. The first-order valence-electron chi connectivity index (χ1n) is 5.60. The summed E-state index contributed by atoms with van der Waals surface area (Å²) in [4.78, 5) is 12.2. The molecule has 2 aromatic carbocycles. The molecule has 98 valence electrons. The Bertz CT molecular complexity index is 641. The van der Waals surface area contributed by atoms with Crippen molar-refractivity contribution in [3.63, 3.8) is 0 Å². The smallest absolute Gasteiger partial charge is 0.256 e. The molecule has 0 fully saturated rings. The maximum Gasteiger partial charge on any atom is 0.256 e. The summed E-state index contributed by atoms with van der Waals surface area (Å²) >= 11 is 6.72. The van der Waals surface area contributed by atoms with E-state index in [4.69, 9.17) is 5.73 Å². The van der Waals surface area contributed by atoms with E-state index in [-0.39, 0.29) is 5.91 Å². The van der Waals surface area contributed by atoms with Gasteiger partial charge in [-0.2, -0.15) is 0 Å². The number of nitrogen functional groups attached to an aromatic ring is 1. The molecule has 0 aromatic heterocycles. The minimum Gasteiger partial charge on any atom is -0.397 e. The van der Waals surface area contributed by atoms with Gasteiger partial charge in [0.1, 0.15) is 0 Å². The molecule has 0 spiro atoms. The van der Waals surface area contributed by atoms with Crippen LogP contribution in [0.3, 0.4) is 0 Å². The molecule has 0 saturated carbocycles. The summed E-state index contributed by atoms with van der Waals surface area (Å²) in [7, 11) is 0. The molecule has 0 aliphatic heterocycles. The molecule has 3 N–H and O–H groups in total. The number of carbonyl (C=O) groups excluding carboxylic acids is 1. The number of carbonyl (C=O) groups is 1. The van der Waals surface area contributed by atoms with Gasteiger partial charge in [0, 0.05) is 8.95 Å². The highest BCUT2D eigenvalue weighted by Crippen LogP contribution is 2.25. The van der Waals surface area contributed by atoms with Crippen molar-refractivity contribution in [3.8, 4) is 0 Å². The van der Waals surface area contributed by atoms with Crippen LogP contribution >= 0.6 is 31.9 Å². The Labute approximate surface area is 128 Å². The predicted molar refractivity (Wildman–Crippen MR) is 85.4 cm³/mol. The summed E-state index contributed by atoms with van der Waals surface area (Å²) < 4.78 is 1.64. The van der Waals surface area contributed by atoms with Crippen LogP contribution < -0.4 is 11.1 Å². The first-order chi connectivity index (χ1) is 8.97. The van der Waals surface area contributed by atoms with E-state index >= 15 is 0 Å². The van der Waals surface area contributed by atoms with Crippen molar-refractivity contribution in [2.45, 2.75) is 6.92 Å². The van der Waals surface area contributed by atoms with Gasteiger partial charge in [0.25, 0.3) is 5.91 Å². The van der Waals surface area contributed by atoms with Gasteiger partial charge < -0.3 is 11.1 Å². The van der Waals surface area contributed by atoms with E-state index in [1.165, 1.54) is 0 Å². The molecule has 1 amide bonds. The number of nitrogens with two attached hydrogens (primary N) is 1. The number of nitrogens with one attached hydrogen (secondary N) is 1. The number of benzene rings is 2. The summed E-state index contributed by atoms with van der Waals surface area (Å²) in [6.07, 6.45) is 0. The van der Waals surface area contributed by atoms with Gasteiger partial charge in [0.15, 0.2) is 0 Å². The molecule has 0 heterocycles. The van der Waals surface area contributed by atoms with E-state index in [1.807, 2.05) is 25.1 Å². The van der Waals surface area contributed by atoms with Crippen molar-refractivity contribution in [2.75, 3.05) is 11.1 Å². The fourth-order valence-corrected chi connectivity index (χ4v) is 2.69. The summed E-state index contributed by atoms with van der Waals surface area (Å²) in [5.74, 6) is -0.194. The Kier molecular flexibility index (Phi) is 4.27. The number of amides is 1. The zero-order valence-corrected chi connectivity index (χ0v) is 13.4. The van der Waals surface area contributed by atoms with Crippen LogP contribution in [0, 0.1) is 6.92 Å². The molecule has 0 atom stereocenters. The summed E-state index contributed by atoms with van der Waals surface area (Å²) in [5.41, 5.74) is 8.64. The molecule has 5 heteroatoms. The Morgan fingerprint density at radius 1 is 1.16 bits per heavy atom. The van der Waals surface area contributed by atoms with Crippen molar-refractivity contribution in [2.24, 2.45) is 0 Å². The maximum absolute atomic E-state index is 12.2. The zero-order valence-electron chi connectivity index (χ0n) is 10.2. The average molecular weight is 384 g/mol. The van der Waals surface area contributed by atoms with Gasteiger partial charge in [0.05, 0.1) is 16.9 Å². The molecule has 0 unspecified atom stereocenters. The Hall–Kier alpha value is -1.33. The molecule has 19 heavy (non-hydrogen) atoms. The number of hydrogen-bond donors (Lipinski definition) is 2. The maximum atomic E-state index is 12.2. The number of aryl methyl sites for hydroxylation is 1. The number of rotatable bonds is 2. The molecule has 2 aromatic rings. The van der Waals surface area contributed by atoms with Crippen LogP contribution in [0.15, 0.2) is 45.3 Å². The molecule has 0 bridgehead atoms. The average Bonchev–Trinajstić information content (AvgIpc) is 2.32. The molecule has 0 aliphatic rings. The van der Waals surface area contributed by atoms with Crippen molar-refractivity contribution in [1.29, 1.82) is 0 Å². The highest BCUT2D eigenvalue weighted by Gasteiger charge is 2.11. The molecule has 0 saturated heterocycles. The summed E-state index contributed by atoms with van der Waals surface area (Å²) in [5, 5.41) is 2.80. The van der Waals surface area contributed by atoms with Crippen LogP contribution in [0.25, 0.3) is 0 Å². The minimum atomic E-state index is -0.194. The second kappa shape index (κ2) is 5.75. The van der Waals surface area contributed by atoms with Crippen LogP contribution in [-0.2, 0) is 0 Å². The highest BCUT2D eigenvalue weighted by molar-refractivity contribution is 9.10. The lowest BCUT2D eigenvalue weighted by atomic mass is 10.1. The molecule has 0 aliphatic carbocycles. The monoisotopic (exact) mass is 382 g/mol. The van der Waals surface area contributed by atoms with Crippen molar-refractivity contribution in [1.82, 2.24) is 0 Å². The molecular formula is C14H12Br2N2O. The van der Waals surface area contributed by atoms with E-state index < -0.39 is 0 Å². The van der Waals surface area contributed by atoms with E-state index in [0.29, 0.717) is 16.9 Å². The van der Waals surface area contributed by atoms with Crippen molar-refractivity contribution >= 4 is 49.1 Å². The quantitative estimate of drug-likeness (QED) is 0.757. The van der Waals surface area contributed by atoms with Gasteiger partial charge in [0.2, 0.25) is 0 Å². The first-order valence-corrected chi connectivity index (χ1v) is 7.18. The Balaban J connectivity index is 2.25. The second-order valence-corrected chi connectivity index (χ2v) is 5.94. The van der Waals surface area contributed by atoms with E-state index in [9.17, 15) is 4.79 Å². The van der Waals surface area contributed by atoms with Crippen LogP contribution in [0.1, 0.15) is 15.9 Å². The summed E-state index contributed by atoms with van der Waals surface area (Å²) in [6.45, 7) is 1.97. The Morgan fingerprint density at radius 2 is 1.89 bits per heavy atom. The Morgan fingerprint density at radius 3 is 2.53 bits per heavy atom. The zero-order chi connectivity index (χ0) is 14.0. The summed E-state index contributed by atoms with van der Waals surface area (Å²) in [6, 6.07) is 10.9. The van der Waals surface area contributed by atoms with E-state index in [2.05, 4.69) is 37.2 Å². The number of anilines is 2. The SMILES string of the molecule is Cc1ccc(C(=O)Nc2ccc(Br)cc2N)c(Br)c1. The molecule has 3 nitrogen and oxygen atoms in total. The van der Waals surface area contributed by atoms with E-state index in [1.54, 1.807) is 18.2 Å². The highest BCUT2D eigenvalue weighted by atomic mass is 79.9. The fourth-order valence-electron chi connectivity index (χ4n) is 1.64. The van der Waals surface area contributed by atoms with Gasteiger partial charge >= 0.3 is 0 Å². The van der Waals surface area contributed by atoms with Gasteiger partial charge in [-0.05, 0) is 58.7 Å². The van der Waals surface area contributed by atoms with Gasteiger partial charge in [-0.25, -0.2) is 0 Å². The molecule has 2 rings (SSSR count). The lowest BCUT2D eigenvalue weighted by Crippen LogP contribution is -2.13. The number of halogens is 2. The normalized spacial score (nSPS) is 10.3. The van der Waals surface area contributed by atoms with Crippen LogP contribution in [-0.4, -0.2) is 5.91 Å². The minimum absolute atomic E-state index is 0.194. The third-order valence-corrected chi connectivity index (χ3v) is 3.78. The number of hydrogen-bond acceptors (Lipinski definition) is 2.